The molecule has 3 aromatic heterocycles. The standard InChI is InChI=1S/C35H35ClFN5O4S/c1-5-22-9-11-29(47-22)34-42-25-10-8-21(36)13-20(25)15-27(42)30-23(37)14-19(16-28(30)46-34)24-17-38-32(39-24)26-7-6-12-41(26)33(43)31(18(2)3)40-35(44)45-4/h8-11,13-18,26,31,34H,5-7,12H2,1-4H3,(H,38,39)(H,40,44)/t26-,31-,34?/m0/s1. The smallest absolute Gasteiger partial charge is 0.407 e. The highest BCUT2D eigenvalue weighted by molar-refractivity contribution is 7.12. The van der Waals surface area contributed by atoms with Gasteiger partial charge in [-0.05, 0) is 73.7 Å². The number of fused-ring (bicyclic) bond motifs is 5. The van der Waals surface area contributed by atoms with Crippen molar-refractivity contribution in [2.75, 3.05) is 13.7 Å². The number of aromatic amines is 1. The molecule has 5 heterocycles. The van der Waals surface area contributed by atoms with Gasteiger partial charge in [0, 0.05) is 27.4 Å². The molecule has 5 aromatic rings. The number of carbonyl (C=O) groups excluding carboxylic acids is 2. The molecule has 2 aromatic carbocycles. The molecule has 7 rings (SSSR count). The first-order valence-electron chi connectivity index (χ1n) is 15.8. The van der Waals surface area contributed by atoms with E-state index in [1.807, 2.05) is 48.7 Å². The van der Waals surface area contributed by atoms with Gasteiger partial charge in [0.25, 0.3) is 0 Å². The number of alkyl carbamates (subject to hydrolysis) is 1. The molecule has 0 bridgehead atoms. The Kier molecular flexibility index (Phi) is 8.21. The number of halogens is 2. The lowest BCUT2D eigenvalue weighted by molar-refractivity contribution is -0.135. The van der Waals surface area contributed by atoms with Crippen molar-refractivity contribution in [2.45, 2.75) is 58.3 Å². The third-order valence-corrected chi connectivity index (χ3v) is 10.5. The van der Waals surface area contributed by atoms with Crippen LogP contribution in [0.5, 0.6) is 5.75 Å². The van der Waals surface area contributed by atoms with Crippen molar-refractivity contribution in [1.82, 2.24) is 24.8 Å². The summed E-state index contributed by atoms with van der Waals surface area (Å²) in [6.45, 7) is 6.41. The second kappa shape index (κ2) is 12.4. The third kappa shape index (κ3) is 5.55. The Morgan fingerprint density at radius 1 is 1.21 bits per heavy atom. The normalized spacial score (nSPS) is 17.8. The number of hydrogen-bond acceptors (Lipinski definition) is 6. The number of thiophene rings is 1. The zero-order valence-electron chi connectivity index (χ0n) is 26.5. The summed E-state index contributed by atoms with van der Waals surface area (Å²) >= 11 is 8.02. The molecular formula is C35H35ClFN5O4S. The Balaban J connectivity index is 1.24. The van der Waals surface area contributed by atoms with Crippen LogP contribution >= 0.6 is 22.9 Å². The van der Waals surface area contributed by atoms with E-state index in [0.717, 1.165) is 34.3 Å². The van der Waals surface area contributed by atoms with Crippen LogP contribution in [0.15, 0.2) is 54.7 Å². The van der Waals surface area contributed by atoms with Gasteiger partial charge < -0.3 is 24.7 Å². The SMILES string of the molecule is CCc1ccc(C2Oc3cc(-c4cnc([C@@H]5CCCN5C(=O)[C@@H](NC(=O)OC)C(C)C)[nH]4)cc(F)c3-c3cc4cc(Cl)ccc4n32)s1. The largest absolute Gasteiger partial charge is 0.464 e. The molecule has 2 amide bonds. The van der Waals surface area contributed by atoms with Gasteiger partial charge in [0.05, 0.1) is 46.7 Å². The molecule has 0 radical (unpaired) electrons. The minimum Gasteiger partial charge on any atom is -0.464 e. The van der Waals surface area contributed by atoms with E-state index in [1.165, 1.54) is 18.1 Å². The molecule has 3 atom stereocenters. The Bertz CT molecular complexity index is 2000. The monoisotopic (exact) mass is 675 g/mol. The van der Waals surface area contributed by atoms with Crippen molar-refractivity contribution in [2.24, 2.45) is 5.92 Å². The Hall–Kier alpha value is -4.35. The second-order valence-corrected chi connectivity index (χ2v) is 13.9. The van der Waals surface area contributed by atoms with Crippen molar-refractivity contribution >= 4 is 45.8 Å². The predicted molar refractivity (Wildman–Crippen MR) is 180 cm³/mol. The summed E-state index contributed by atoms with van der Waals surface area (Å²) < 4.78 is 29.7. The maximum absolute atomic E-state index is 16.2. The van der Waals surface area contributed by atoms with E-state index in [1.54, 1.807) is 22.4 Å². The molecule has 0 spiro atoms. The summed E-state index contributed by atoms with van der Waals surface area (Å²) in [5.74, 6) is 0.276. The molecule has 1 unspecified atom stereocenters. The topological polar surface area (TPSA) is 101 Å². The number of imidazole rings is 1. The summed E-state index contributed by atoms with van der Waals surface area (Å²) in [5, 5.41) is 4.18. The van der Waals surface area contributed by atoms with Crippen molar-refractivity contribution < 1.29 is 23.5 Å². The predicted octanol–water partition coefficient (Wildman–Crippen LogP) is 8.10. The molecule has 0 saturated carbocycles. The van der Waals surface area contributed by atoms with Crippen LogP contribution in [0.4, 0.5) is 9.18 Å². The second-order valence-electron chi connectivity index (χ2n) is 12.3. The first kappa shape index (κ1) is 31.3. The van der Waals surface area contributed by atoms with Gasteiger partial charge in [-0.3, -0.25) is 9.36 Å². The number of methoxy groups -OCH3 is 1. The van der Waals surface area contributed by atoms with Crippen LogP contribution < -0.4 is 10.1 Å². The average molecular weight is 676 g/mol. The number of aromatic nitrogens is 3. The Labute approximate surface area is 280 Å². The first-order valence-corrected chi connectivity index (χ1v) is 17.0. The van der Waals surface area contributed by atoms with Crippen LogP contribution in [0.25, 0.3) is 33.4 Å². The Morgan fingerprint density at radius 3 is 2.79 bits per heavy atom. The van der Waals surface area contributed by atoms with Gasteiger partial charge in [-0.1, -0.05) is 32.4 Å². The van der Waals surface area contributed by atoms with Crippen molar-refractivity contribution in [3.05, 3.63) is 81.1 Å². The maximum atomic E-state index is 16.2. The summed E-state index contributed by atoms with van der Waals surface area (Å²) in [5.41, 5.74) is 3.20. The highest BCUT2D eigenvalue weighted by Crippen LogP contribution is 2.48. The fraction of sp³-hybridized carbons (Fsp3) is 0.343. The van der Waals surface area contributed by atoms with E-state index >= 15 is 4.39 Å². The van der Waals surface area contributed by atoms with Gasteiger partial charge in [0.15, 0.2) is 0 Å². The minimum absolute atomic E-state index is 0.143. The van der Waals surface area contributed by atoms with Crippen LogP contribution in [-0.2, 0) is 16.0 Å². The van der Waals surface area contributed by atoms with Crippen LogP contribution in [0, 0.1) is 11.7 Å². The van der Waals surface area contributed by atoms with E-state index in [2.05, 4.69) is 34.3 Å². The van der Waals surface area contributed by atoms with E-state index < -0.39 is 24.2 Å². The lowest BCUT2D eigenvalue weighted by Crippen LogP contribution is -2.51. The highest BCUT2D eigenvalue weighted by atomic mass is 35.5. The van der Waals surface area contributed by atoms with Crippen LogP contribution in [-0.4, -0.2) is 51.1 Å². The molecule has 2 aliphatic rings. The van der Waals surface area contributed by atoms with E-state index in [4.69, 9.17) is 21.1 Å². The number of amides is 2. The van der Waals surface area contributed by atoms with Crippen molar-refractivity contribution in [3.8, 4) is 28.3 Å². The number of H-pyrrole nitrogens is 1. The third-order valence-electron chi connectivity index (χ3n) is 9.01. The summed E-state index contributed by atoms with van der Waals surface area (Å²) in [6.07, 6.45) is 2.93. The number of rotatable bonds is 7. The van der Waals surface area contributed by atoms with Gasteiger partial charge >= 0.3 is 6.09 Å². The molecule has 244 valence electrons. The number of benzene rings is 2. The zero-order valence-corrected chi connectivity index (χ0v) is 28.0. The molecule has 2 N–H and O–H groups in total. The van der Waals surface area contributed by atoms with Crippen LogP contribution in [0.2, 0.25) is 5.02 Å². The molecule has 9 nitrogen and oxygen atoms in total. The number of hydrogen-bond donors (Lipinski definition) is 2. The molecule has 1 fully saturated rings. The van der Waals surface area contributed by atoms with Crippen molar-refractivity contribution in [3.63, 3.8) is 0 Å². The van der Waals surface area contributed by atoms with Gasteiger partial charge in [-0.15, -0.1) is 11.3 Å². The number of nitrogens with one attached hydrogen (secondary N) is 2. The lowest BCUT2D eigenvalue weighted by atomic mass is 10.0. The number of nitrogens with zero attached hydrogens (tertiary/aromatic N) is 3. The van der Waals surface area contributed by atoms with E-state index in [0.29, 0.717) is 46.4 Å². The quantitative estimate of drug-likeness (QED) is 0.182. The average Bonchev–Trinajstić information content (AvgIpc) is 3.87. The lowest BCUT2D eigenvalue weighted by Gasteiger charge is -2.30. The van der Waals surface area contributed by atoms with E-state index in [9.17, 15) is 9.59 Å². The molecule has 2 aliphatic heterocycles. The number of ether oxygens (including phenoxy) is 2. The minimum atomic E-state index is -0.735. The maximum Gasteiger partial charge on any atom is 0.407 e. The summed E-state index contributed by atoms with van der Waals surface area (Å²) in [4.78, 5) is 37.6. The fourth-order valence-corrected chi connectivity index (χ4v) is 7.81. The highest BCUT2D eigenvalue weighted by Gasteiger charge is 2.38. The van der Waals surface area contributed by atoms with Gasteiger partial charge in [0.2, 0.25) is 12.1 Å². The van der Waals surface area contributed by atoms with Gasteiger partial charge in [-0.25, -0.2) is 14.2 Å². The van der Waals surface area contributed by atoms with Gasteiger partial charge in [-0.2, -0.15) is 0 Å². The molecular weight excluding hydrogens is 641 g/mol. The van der Waals surface area contributed by atoms with Crippen molar-refractivity contribution in [1.29, 1.82) is 0 Å². The molecule has 0 aliphatic carbocycles. The fourth-order valence-electron chi connectivity index (χ4n) is 6.65. The summed E-state index contributed by atoms with van der Waals surface area (Å²) in [7, 11) is 1.27. The van der Waals surface area contributed by atoms with Crippen LogP contribution in [0.1, 0.15) is 61.5 Å². The zero-order chi connectivity index (χ0) is 33.0. The molecule has 47 heavy (non-hydrogen) atoms. The van der Waals surface area contributed by atoms with Gasteiger partial charge in [0.1, 0.15) is 23.4 Å². The summed E-state index contributed by atoms with van der Waals surface area (Å²) in [6, 6.07) is 14.1. The number of likely N-dealkylation sites (tertiary alicyclic amines) is 1. The molecule has 1 saturated heterocycles. The molecule has 12 heteroatoms. The van der Waals surface area contributed by atoms with Crippen LogP contribution in [0.3, 0.4) is 0 Å². The first-order chi connectivity index (χ1) is 22.7. The number of carbonyl (C=O) groups is 2. The number of aryl methyl sites for hydroxylation is 1. The van der Waals surface area contributed by atoms with E-state index in [-0.39, 0.29) is 17.9 Å². The Morgan fingerprint density at radius 2 is 2.04 bits per heavy atom.